The van der Waals surface area contributed by atoms with Crippen molar-refractivity contribution in [3.05, 3.63) is 59.7 Å². The van der Waals surface area contributed by atoms with Crippen LogP contribution in [0.4, 0.5) is 5.69 Å². The van der Waals surface area contributed by atoms with Crippen LogP contribution in [-0.4, -0.2) is 61.4 Å². The number of ether oxygens (including phenoxy) is 1. The summed E-state index contributed by atoms with van der Waals surface area (Å²) in [6.07, 6.45) is 2.40. The van der Waals surface area contributed by atoms with Crippen LogP contribution in [0.5, 0.6) is 5.75 Å². The fourth-order valence-corrected chi connectivity index (χ4v) is 4.50. The van der Waals surface area contributed by atoms with E-state index in [1.54, 1.807) is 7.11 Å². The van der Waals surface area contributed by atoms with Gasteiger partial charge in [-0.1, -0.05) is 36.4 Å². The number of anilines is 1. The number of hydrogen-bond donors (Lipinski definition) is 0. The van der Waals surface area contributed by atoms with Crippen molar-refractivity contribution >= 4 is 17.5 Å². The maximum Gasteiger partial charge on any atom is 0.222 e. The minimum Gasteiger partial charge on any atom is -0.495 e. The molecule has 0 bridgehead atoms. The summed E-state index contributed by atoms with van der Waals surface area (Å²) < 4.78 is 5.46. The van der Waals surface area contributed by atoms with E-state index in [4.69, 9.17) is 4.74 Å². The lowest BCUT2D eigenvalue weighted by molar-refractivity contribution is -0.133. The van der Waals surface area contributed by atoms with Crippen LogP contribution in [0.15, 0.2) is 48.5 Å². The smallest absolute Gasteiger partial charge is 0.222 e. The van der Waals surface area contributed by atoms with E-state index in [1.165, 1.54) is 11.1 Å². The molecule has 0 aliphatic carbocycles. The number of nitrogens with zero attached hydrogens (tertiary/aromatic N) is 3. The van der Waals surface area contributed by atoms with Gasteiger partial charge in [-0.15, -0.1) is 0 Å². The molecule has 31 heavy (non-hydrogen) atoms. The Morgan fingerprint density at radius 3 is 2.19 bits per heavy atom. The summed E-state index contributed by atoms with van der Waals surface area (Å²) in [4.78, 5) is 31.4. The zero-order valence-electron chi connectivity index (χ0n) is 18.3. The van der Waals surface area contributed by atoms with Crippen molar-refractivity contribution < 1.29 is 14.3 Å². The molecule has 0 atom stereocenters. The molecule has 2 aromatic carbocycles. The normalized spacial score (nSPS) is 16.1. The minimum atomic E-state index is 0.150. The molecule has 2 aliphatic heterocycles. The van der Waals surface area contributed by atoms with Crippen LogP contribution >= 0.6 is 0 Å². The number of piperazine rings is 1. The molecule has 2 amide bonds. The Bertz CT molecular complexity index is 922. The molecule has 0 aromatic heterocycles. The summed E-state index contributed by atoms with van der Waals surface area (Å²) in [6.45, 7) is 4.44. The average molecular weight is 422 g/mol. The quantitative estimate of drug-likeness (QED) is 0.719. The van der Waals surface area contributed by atoms with E-state index >= 15 is 0 Å². The minimum absolute atomic E-state index is 0.150. The van der Waals surface area contributed by atoms with E-state index in [9.17, 15) is 9.59 Å². The number of benzene rings is 2. The molecular weight excluding hydrogens is 390 g/mol. The van der Waals surface area contributed by atoms with Crippen molar-refractivity contribution in [1.29, 1.82) is 0 Å². The van der Waals surface area contributed by atoms with Crippen molar-refractivity contribution in [2.75, 3.05) is 44.7 Å². The highest BCUT2D eigenvalue weighted by atomic mass is 16.5. The van der Waals surface area contributed by atoms with Gasteiger partial charge in [0, 0.05) is 52.1 Å². The fourth-order valence-electron chi connectivity index (χ4n) is 4.50. The summed E-state index contributed by atoms with van der Waals surface area (Å²) in [7, 11) is 1.68. The predicted octanol–water partition coefficient (Wildman–Crippen LogP) is 3.10. The van der Waals surface area contributed by atoms with E-state index < -0.39 is 0 Å². The van der Waals surface area contributed by atoms with Crippen LogP contribution in [0.1, 0.15) is 30.4 Å². The van der Waals surface area contributed by atoms with Crippen LogP contribution in [0.3, 0.4) is 0 Å². The molecule has 0 radical (unpaired) electrons. The first kappa shape index (κ1) is 21.2. The van der Waals surface area contributed by atoms with E-state index in [1.807, 2.05) is 34.1 Å². The van der Waals surface area contributed by atoms with Crippen molar-refractivity contribution in [2.24, 2.45) is 0 Å². The number of hydrogen-bond acceptors (Lipinski definition) is 4. The third kappa shape index (κ3) is 5.01. The number of methoxy groups -OCH3 is 1. The van der Waals surface area contributed by atoms with Crippen molar-refractivity contribution in [3.8, 4) is 5.75 Å². The van der Waals surface area contributed by atoms with Crippen LogP contribution < -0.4 is 9.64 Å². The van der Waals surface area contributed by atoms with Gasteiger partial charge in [0.25, 0.3) is 0 Å². The van der Waals surface area contributed by atoms with Gasteiger partial charge in [-0.25, -0.2) is 0 Å². The summed E-state index contributed by atoms with van der Waals surface area (Å²) in [6, 6.07) is 16.3. The van der Waals surface area contributed by atoms with Gasteiger partial charge in [-0.05, 0) is 36.1 Å². The molecule has 6 nitrogen and oxygen atoms in total. The topological polar surface area (TPSA) is 53.1 Å². The molecule has 2 aliphatic rings. The second kappa shape index (κ2) is 9.86. The molecule has 2 heterocycles. The molecule has 164 valence electrons. The van der Waals surface area contributed by atoms with Gasteiger partial charge in [-0.2, -0.15) is 0 Å². The van der Waals surface area contributed by atoms with Gasteiger partial charge in [0.2, 0.25) is 11.8 Å². The lowest BCUT2D eigenvalue weighted by Crippen LogP contribution is -2.48. The SMILES string of the molecule is COc1ccccc1N1CCN(C(=O)CCCC(=O)N2CCc3ccccc3C2)CC1. The summed E-state index contributed by atoms with van der Waals surface area (Å²) in [5.41, 5.74) is 3.66. The first-order valence-corrected chi connectivity index (χ1v) is 11.2. The van der Waals surface area contributed by atoms with Gasteiger partial charge < -0.3 is 19.4 Å². The standard InChI is InChI=1S/C25H31N3O3/c1-31-23-10-5-4-9-22(23)26-15-17-27(18-16-26)24(29)11-6-12-25(30)28-14-13-20-7-2-3-8-21(20)19-28/h2-5,7-10H,6,11-19H2,1H3. The van der Waals surface area contributed by atoms with Gasteiger partial charge in [0.1, 0.15) is 5.75 Å². The highest BCUT2D eigenvalue weighted by molar-refractivity contribution is 5.79. The van der Waals surface area contributed by atoms with Gasteiger partial charge >= 0.3 is 0 Å². The predicted molar refractivity (Wildman–Crippen MR) is 121 cm³/mol. The fraction of sp³-hybridized carbons (Fsp3) is 0.440. The molecule has 2 aromatic rings. The number of rotatable bonds is 6. The third-order valence-corrected chi connectivity index (χ3v) is 6.32. The van der Waals surface area contributed by atoms with Gasteiger partial charge in [0.15, 0.2) is 0 Å². The number of para-hydroxylation sites is 2. The van der Waals surface area contributed by atoms with E-state index in [2.05, 4.69) is 29.2 Å². The number of fused-ring (bicyclic) bond motifs is 1. The van der Waals surface area contributed by atoms with Crippen LogP contribution in [0.2, 0.25) is 0 Å². The summed E-state index contributed by atoms with van der Waals surface area (Å²) in [5.74, 6) is 1.17. The molecule has 4 rings (SSSR count). The van der Waals surface area contributed by atoms with E-state index in [0.29, 0.717) is 38.9 Å². The lowest BCUT2D eigenvalue weighted by Gasteiger charge is -2.36. The number of carbonyl (C=O) groups excluding carboxylic acids is 2. The van der Waals surface area contributed by atoms with Crippen molar-refractivity contribution in [1.82, 2.24) is 9.80 Å². The molecular formula is C25H31N3O3. The second-order valence-corrected chi connectivity index (χ2v) is 8.23. The Morgan fingerprint density at radius 2 is 1.45 bits per heavy atom. The maximum absolute atomic E-state index is 12.6. The molecule has 0 N–H and O–H groups in total. The first-order valence-electron chi connectivity index (χ1n) is 11.2. The molecule has 1 fully saturated rings. The number of carbonyl (C=O) groups is 2. The highest BCUT2D eigenvalue weighted by Crippen LogP contribution is 2.28. The Kier molecular flexibility index (Phi) is 6.75. The largest absolute Gasteiger partial charge is 0.495 e. The zero-order chi connectivity index (χ0) is 21.6. The first-order chi connectivity index (χ1) is 15.2. The Balaban J connectivity index is 1.20. The Hall–Kier alpha value is -3.02. The summed E-state index contributed by atoms with van der Waals surface area (Å²) >= 11 is 0. The molecule has 1 saturated heterocycles. The van der Waals surface area contributed by atoms with E-state index in [0.717, 1.165) is 37.5 Å². The molecule has 6 heteroatoms. The molecule has 0 spiro atoms. The number of amides is 2. The maximum atomic E-state index is 12.6. The van der Waals surface area contributed by atoms with Crippen LogP contribution in [0, 0.1) is 0 Å². The lowest BCUT2D eigenvalue weighted by atomic mass is 9.99. The third-order valence-electron chi connectivity index (χ3n) is 6.32. The van der Waals surface area contributed by atoms with Crippen LogP contribution in [0.25, 0.3) is 0 Å². The Labute approximate surface area is 184 Å². The second-order valence-electron chi connectivity index (χ2n) is 8.23. The van der Waals surface area contributed by atoms with Crippen molar-refractivity contribution in [3.63, 3.8) is 0 Å². The zero-order valence-corrected chi connectivity index (χ0v) is 18.3. The summed E-state index contributed by atoms with van der Waals surface area (Å²) in [5, 5.41) is 0. The highest BCUT2D eigenvalue weighted by Gasteiger charge is 2.24. The molecule has 0 unspecified atom stereocenters. The van der Waals surface area contributed by atoms with Gasteiger partial charge in [0.05, 0.1) is 12.8 Å². The molecule has 0 saturated carbocycles. The van der Waals surface area contributed by atoms with Gasteiger partial charge in [-0.3, -0.25) is 9.59 Å². The van der Waals surface area contributed by atoms with Crippen molar-refractivity contribution in [2.45, 2.75) is 32.2 Å². The van der Waals surface area contributed by atoms with Crippen LogP contribution in [-0.2, 0) is 22.6 Å². The Morgan fingerprint density at radius 1 is 0.806 bits per heavy atom. The van der Waals surface area contributed by atoms with E-state index in [-0.39, 0.29) is 11.8 Å². The monoisotopic (exact) mass is 421 g/mol. The average Bonchev–Trinajstić information content (AvgIpc) is 2.83.